The molecule has 1 fully saturated rings. The van der Waals surface area contributed by atoms with Gasteiger partial charge < -0.3 is 9.88 Å². The van der Waals surface area contributed by atoms with Crippen LogP contribution < -0.4 is 0 Å². The summed E-state index contributed by atoms with van der Waals surface area (Å²) in [5.74, 6) is 1.13. The first-order valence-corrected chi connectivity index (χ1v) is 6.58. The fraction of sp³-hybridized carbons (Fsp3) is 0.500. The summed E-state index contributed by atoms with van der Waals surface area (Å²) in [6.45, 7) is 3.80. The van der Waals surface area contributed by atoms with Crippen molar-refractivity contribution in [1.29, 1.82) is 0 Å². The SMILES string of the molecule is c1ccc2[nH]c(CCCN3CCCC3)nc2c1. The summed E-state index contributed by atoms with van der Waals surface area (Å²) in [6.07, 6.45) is 5.03. The Labute approximate surface area is 102 Å². The lowest BCUT2D eigenvalue weighted by atomic mass is 10.3. The van der Waals surface area contributed by atoms with E-state index in [0.29, 0.717) is 0 Å². The van der Waals surface area contributed by atoms with Crippen LogP contribution in [0.5, 0.6) is 0 Å². The maximum Gasteiger partial charge on any atom is 0.107 e. The molecule has 2 aromatic rings. The predicted octanol–water partition coefficient (Wildman–Crippen LogP) is 2.59. The third-order valence-electron chi connectivity index (χ3n) is 3.53. The van der Waals surface area contributed by atoms with Crippen LogP contribution in [0, 0.1) is 0 Å². The van der Waals surface area contributed by atoms with Gasteiger partial charge in [0.25, 0.3) is 0 Å². The van der Waals surface area contributed by atoms with E-state index in [9.17, 15) is 0 Å². The van der Waals surface area contributed by atoms with Crippen LogP contribution in [0.1, 0.15) is 25.1 Å². The number of para-hydroxylation sites is 2. The normalized spacial score (nSPS) is 16.9. The fourth-order valence-electron chi connectivity index (χ4n) is 2.60. The second-order valence-electron chi connectivity index (χ2n) is 4.85. The standard InChI is InChI=1S/C14H19N3/c1-2-7-13-12(6-1)15-14(16-13)8-5-11-17-9-3-4-10-17/h1-2,6-7H,3-5,8-11H2,(H,15,16). The number of hydrogen-bond donors (Lipinski definition) is 1. The van der Waals surface area contributed by atoms with Gasteiger partial charge in [0, 0.05) is 6.42 Å². The molecule has 0 atom stereocenters. The Morgan fingerprint density at radius 2 is 2.00 bits per heavy atom. The van der Waals surface area contributed by atoms with Crippen LogP contribution in [-0.4, -0.2) is 34.5 Å². The van der Waals surface area contributed by atoms with Gasteiger partial charge in [0.15, 0.2) is 0 Å². The summed E-state index contributed by atoms with van der Waals surface area (Å²) >= 11 is 0. The highest BCUT2D eigenvalue weighted by Crippen LogP contribution is 2.12. The van der Waals surface area contributed by atoms with E-state index in [0.717, 1.165) is 23.3 Å². The summed E-state index contributed by atoms with van der Waals surface area (Å²) in [6, 6.07) is 8.24. The first-order chi connectivity index (χ1) is 8.42. The molecule has 1 N–H and O–H groups in total. The lowest BCUT2D eigenvalue weighted by Gasteiger charge is -2.13. The molecule has 0 saturated carbocycles. The van der Waals surface area contributed by atoms with Crippen LogP contribution in [0.4, 0.5) is 0 Å². The average Bonchev–Trinajstić information content (AvgIpc) is 2.96. The smallest absolute Gasteiger partial charge is 0.107 e. The van der Waals surface area contributed by atoms with Crippen molar-refractivity contribution in [2.75, 3.05) is 19.6 Å². The van der Waals surface area contributed by atoms with Gasteiger partial charge in [0.1, 0.15) is 5.82 Å². The molecular weight excluding hydrogens is 210 g/mol. The molecule has 0 unspecified atom stereocenters. The second-order valence-corrected chi connectivity index (χ2v) is 4.85. The molecule has 1 aliphatic heterocycles. The molecular formula is C14H19N3. The van der Waals surface area contributed by atoms with E-state index in [1.54, 1.807) is 0 Å². The summed E-state index contributed by atoms with van der Waals surface area (Å²) in [4.78, 5) is 10.6. The van der Waals surface area contributed by atoms with Crippen molar-refractivity contribution in [3.8, 4) is 0 Å². The maximum atomic E-state index is 4.60. The molecule has 0 radical (unpaired) electrons. The van der Waals surface area contributed by atoms with Crippen molar-refractivity contribution >= 4 is 11.0 Å². The van der Waals surface area contributed by atoms with E-state index in [1.807, 2.05) is 6.07 Å². The first kappa shape index (κ1) is 10.8. The Bertz CT molecular complexity index is 450. The van der Waals surface area contributed by atoms with Gasteiger partial charge >= 0.3 is 0 Å². The van der Waals surface area contributed by atoms with Gasteiger partial charge in [-0.3, -0.25) is 0 Å². The van der Waals surface area contributed by atoms with Crippen LogP contribution in [0.25, 0.3) is 11.0 Å². The van der Waals surface area contributed by atoms with Gasteiger partial charge in [-0.2, -0.15) is 0 Å². The molecule has 3 nitrogen and oxygen atoms in total. The Balaban J connectivity index is 1.57. The minimum Gasteiger partial charge on any atom is -0.342 e. The third kappa shape index (κ3) is 2.50. The maximum absolute atomic E-state index is 4.60. The topological polar surface area (TPSA) is 31.9 Å². The molecule has 1 aromatic heterocycles. The summed E-state index contributed by atoms with van der Waals surface area (Å²) < 4.78 is 0. The highest BCUT2D eigenvalue weighted by Gasteiger charge is 2.10. The molecule has 0 spiro atoms. The van der Waals surface area contributed by atoms with E-state index in [1.165, 1.54) is 38.9 Å². The zero-order chi connectivity index (χ0) is 11.5. The average molecular weight is 229 g/mol. The van der Waals surface area contributed by atoms with Crippen molar-refractivity contribution in [1.82, 2.24) is 14.9 Å². The number of hydrogen-bond acceptors (Lipinski definition) is 2. The molecule has 1 saturated heterocycles. The van der Waals surface area contributed by atoms with Gasteiger partial charge in [0.05, 0.1) is 11.0 Å². The van der Waals surface area contributed by atoms with Crippen LogP contribution in [0.15, 0.2) is 24.3 Å². The van der Waals surface area contributed by atoms with Crippen LogP contribution in [0.3, 0.4) is 0 Å². The monoisotopic (exact) mass is 229 g/mol. The lowest BCUT2D eigenvalue weighted by Crippen LogP contribution is -2.20. The van der Waals surface area contributed by atoms with Crippen molar-refractivity contribution in [3.63, 3.8) is 0 Å². The number of rotatable bonds is 4. The number of likely N-dealkylation sites (tertiary alicyclic amines) is 1. The number of aromatic nitrogens is 2. The number of nitrogens with one attached hydrogen (secondary N) is 1. The largest absolute Gasteiger partial charge is 0.342 e. The predicted molar refractivity (Wildman–Crippen MR) is 70.1 cm³/mol. The zero-order valence-corrected chi connectivity index (χ0v) is 10.2. The highest BCUT2D eigenvalue weighted by molar-refractivity contribution is 5.74. The minimum absolute atomic E-state index is 1.06. The van der Waals surface area contributed by atoms with E-state index in [4.69, 9.17) is 0 Å². The minimum atomic E-state index is 1.06. The molecule has 17 heavy (non-hydrogen) atoms. The van der Waals surface area contributed by atoms with E-state index >= 15 is 0 Å². The number of aromatic amines is 1. The van der Waals surface area contributed by atoms with Gasteiger partial charge in [-0.1, -0.05) is 12.1 Å². The first-order valence-electron chi connectivity index (χ1n) is 6.58. The molecule has 0 amide bonds. The summed E-state index contributed by atoms with van der Waals surface area (Å²) in [5.41, 5.74) is 2.24. The Kier molecular flexibility index (Phi) is 3.10. The molecule has 0 aliphatic carbocycles. The number of benzene rings is 1. The molecule has 3 heteroatoms. The Morgan fingerprint density at radius 3 is 2.82 bits per heavy atom. The lowest BCUT2D eigenvalue weighted by molar-refractivity contribution is 0.333. The molecule has 0 bridgehead atoms. The van der Waals surface area contributed by atoms with Crippen molar-refractivity contribution in [2.45, 2.75) is 25.7 Å². The zero-order valence-electron chi connectivity index (χ0n) is 10.2. The van der Waals surface area contributed by atoms with E-state index < -0.39 is 0 Å². The number of H-pyrrole nitrogens is 1. The number of aryl methyl sites for hydroxylation is 1. The van der Waals surface area contributed by atoms with Crippen molar-refractivity contribution < 1.29 is 0 Å². The van der Waals surface area contributed by atoms with Crippen LogP contribution in [0.2, 0.25) is 0 Å². The summed E-state index contributed by atoms with van der Waals surface area (Å²) in [5, 5.41) is 0. The van der Waals surface area contributed by atoms with Crippen molar-refractivity contribution in [3.05, 3.63) is 30.1 Å². The third-order valence-corrected chi connectivity index (χ3v) is 3.53. The second kappa shape index (κ2) is 4.88. The van der Waals surface area contributed by atoms with E-state index in [2.05, 4.69) is 33.1 Å². The van der Waals surface area contributed by atoms with Gasteiger partial charge in [-0.05, 0) is 51.0 Å². The number of fused-ring (bicyclic) bond motifs is 1. The van der Waals surface area contributed by atoms with E-state index in [-0.39, 0.29) is 0 Å². The number of imidazole rings is 1. The quantitative estimate of drug-likeness (QED) is 0.874. The Morgan fingerprint density at radius 1 is 1.18 bits per heavy atom. The van der Waals surface area contributed by atoms with Crippen molar-refractivity contribution in [2.24, 2.45) is 0 Å². The summed E-state index contributed by atoms with van der Waals surface area (Å²) in [7, 11) is 0. The van der Waals surface area contributed by atoms with Crippen LogP contribution in [-0.2, 0) is 6.42 Å². The van der Waals surface area contributed by atoms with Gasteiger partial charge in [0.2, 0.25) is 0 Å². The van der Waals surface area contributed by atoms with Crippen LogP contribution >= 0.6 is 0 Å². The van der Waals surface area contributed by atoms with Gasteiger partial charge in [-0.15, -0.1) is 0 Å². The fourth-order valence-corrected chi connectivity index (χ4v) is 2.60. The molecule has 90 valence electrons. The Hall–Kier alpha value is -1.35. The molecule has 1 aliphatic rings. The molecule has 2 heterocycles. The van der Waals surface area contributed by atoms with Gasteiger partial charge in [-0.25, -0.2) is 4.98 Å². The highest BCUT2D eigenvalue weighted by atomic mass is 15.1. The number of nitrogens with zero attached hydrogens (tertiary/aromatic N) is 2. The molecule has 3 rings (SSSR count). The molecule has 1 aromatic carbocycles.